The van der Waals surface area contributed by atoms with E-state index < -0.39 is 7.12 Å². The highest BCUT2D eigenvalue weighted by Crippen LogP contribution is 2.36. The topological polar surface area (TPSA) is 59.6 Å². The zero-order valence-corrected chi connectivity index (χ0v) is 15.1. The Morgan fingerprint density at radius 3 is 1.91 bits per heavy atom. The Hall–Kier alpha value is -1.53. The number of rotatable bonds is 2. The molecular formula is C17H27BN2O3. The molecule has 0 spiro atoms. The lowest BCUT2D eigenvalue weighted by atomic mass is 9.79. The molecule has 0 aliphatic carbocycles. The van der Waals surface area contributed by atoms with E-state index in [4.69, 9.17) is 9.31 Å². The van der Waals surface area contributed by atoms with Crippen LogP contribution in [0.3, 0.4) is 0 Å². The van der Waals surface area contributed by atoms with Crippen molar-refractivity contribution in [3.63, 3.8) is 0 Å². The van der Waals surface area contributed by atoms with Gasteiger partial charge in [0, 0.05) is 11.2 Å². The van der Waals surface area contributed by atoms with E-state index in [-0.39, 0.29) is 22.8 Å². The number of hydrogen-bond acceptors (Lipinski definition) is 3. The van der Waals surface area contributed by atoms with E-state index in [1.54, 1.807) is 0 Å². The first-order valence-corrected chi connectivity index (χ1v) is 7.94. The molecule has 0 atom stereocenters. The number of carbonyl (C=O) groups is 1. The van der Waals surface area contributed by atoms with E-state index in [1.165, 1.54) is 0 Å². The molecule has 1 aliphatic rings. The molecule has 5 nitrogen and oxygen atoms in total. The normalized spacial score (nSPS) is 19.5. The highest BCUT2D eigenvalue weighted by atomic mass is 16.7. The number of benzene rings is 1. The maximum atomic E-state index is 11.9. The molecule has 1 heterocycles. The van der Waals surface area contributed by atoms with E-state index in [0.717, 1.165) is 11.2 Å². The molecule has 2 N–H and O–H groups in total. The van der Waals surface area contributed by atoms with Crippen LogP contribution in [0, 0.1) is 0 Å². The van der Waals surface area contributed by atoms with Gasteiger partial charge in [0.05, 0.1) is 11.2 Å². The summed E-state index contributed by atoms with van der Waals surface area (Å²) in [6.07, 6.45) is 0. The Morgan fingerprint density at radius 1 is 1.00 bits per heavy atom. The summed E-state index contributed by atoms with van der Waals surface area (Å²) in [7, 11) is -0.391. The highest BCUT2D eigenvalue weighted by Gasteiger charge is 2.51. The lowest BCUT2D eigenvalue weighted by Crippen LogP contribution is -2.43. The van der Waals surface area contributed by atoms with Gasteiger partial charge in [0.25, 0.3) is 0 Å². The van der Waals surface area contributed by atoms with Gasteiger partial charge in [-0.25, -0.2) is 4.79 Å². The second kappa shape index (κ2) is 5.84. The third-order valence-corrected chi connectivity index (χ3v) is 4.18. The molecule has 0 saturated carbocycles. The molecule has 1 saturated heterocycles. The highest BCUT2D eigenvalue weighted by molar-refractivity contribution is 6.62. The largest absolute Gasteiger partial charge is 0.494 e. The quantitative estimate of drug-likeness (QED) is 0.824. The lowest BCUT2D eigenvalue weighted by Gasteiger charge is -2.32. The molecule has 2 amide bonds. The maximum Gasteiger partial charge on any atom is 0.494 e. The third-order valence-electron chi connectivity index (χ3n) is 4.18. The van der Waals surface area contributed by atoms with Crippen LogP contribution in [0.4, 0.5) is 10.5 Å². The summed E-state index contributed by atoms with van der Waals surface area (Å²) in [6, 6.07) is 7.30. The third kappa shape index (κ3) is 4.27. The van der Waals surface area contributed by atoms with Crippen LogP contribution in [0.5, 0.6) is 0 Å². The Balaban J connectivity index is 2.02. The van der Waals surface area contributed by atoms with E-state index >= 15 is 0 Å². The van der Waals surface area contributed by atoms with Crippen LogP contribution in [0.15, 0.2) is 24.3 Å². The summed E-state index contributed by atoms with van der Waals surface area (Å²) in [6.45, 7) is 13.9. The van der Waals surface area contributed by atoms with Gasteiger partial charge in [-0.3, -0.25) is 0 Å². The van der Waals surface area contributed by atoms with Gasteiger partial charge in [-0.1, -0.05) is 12.1 Å². The van der Waals surface area contributed by atoms with E-state index in [9.17, 15) is 4.79 Å². The van der Waals surface area contributed by atoms with Gasteiger partial charge in [0.1, 0.15) is 0 Å². The lowest BCUT2D eigenvalue weighted by molar-refractivity contribution is 0.00578. The molecule has 126 valence electrons. The van der Waals surface area contributed by atoms with Gasteiger partial charge in [0.2, 0.25) is 0 Å². The zero-order valence-electron chi connectivity index (χ0n) is 15.1. The molecule has 23 heavy (non-hydrogen) atoms. The molecule has 6 heteroatoms. The molecule has 0 radical (unpaired) electrons. The first kappa shape index (κ1) is 17.8. The first-order valence-electron chi connectivity index (χ1n) is 7.94. The fraction of sp³-hybridized carbons (Fsp3) is 0.588. The van der Waals surface area contributed by atoms with Crippen molar-refractivity contribution < 1.29 is 14.1 Å². The smallest absolute Gasteiger partial charge is 0.399 e. The van der Waals surface area contributed by atoms with Gasteiger partial charge in [-0.05, 0) is 66.1 Å². The maximum absolute atomic E-state index is 11.9. The Morgan fingerprint density at radius 2 is 1.48 bits per heavy atom. The second-order valence-electron chi connectivity index (χ2n) is 8.04. The standard InChI is InChI=1S/C17H27BN2O3/c1-15(2,3)20-14(21)19-13-10-8-12(9-11-13)18-22-16(4,5)17(6,7)23-18/h8-11H,1-7H3,(H2,19,20,21). The van der Waals surface area contributed by atoms with Gasteiger partial charge in [-0.15, -0.1) is 0 Å². The molecule has 0 aromatic heterocycles. The van der Waals surface area contributed by atoms with Gasteiger partial charge in [0.15, 0.2) is 0 Å². The summed E-state index contributed by atoms with van der Waals surface area (Å²) >= 11 is 0. The van der Waals surface area contributed by atoms with Crippen LogP contribution < -0.4 is 16.1 Å². The summed E-state index contributed by atoms with van der Waals surface area (Å²) in [5.74, 6) is 0. The van der Waals surface area contributed by atoms with E-state index in [2.05, 4.69) is 10.6 Å². The van der Waals surface area contributed by atoms with E-state index in [0.29, 0.717) is 0 Å². The molecular weight excluding hydrogens is 291 g/mol. The Bertz CT molecular complexity index is 560. The number of amides is 2. The van der Waals surface area contributed by atoms with Crippen LogP contribution >= 0.6 is 0 Å². The fourth-order valence-corrected chi connectivity index (χ4v) is 2.21. The molecule has 1 aromatic rings. The SMILES string of the molecule is CC(C)(C)NC(=O)Nc1ccc(B2OC(C)(C)C(C)(C)O2)cc1. The van der Waals surface area contributed by atoms with Crippen molar-refractivity contribution in [2.45, 2.75) is 65.2 Å². The van der Waals surface area contributed by atoms with Crippen molar-refractivity contribution in [2.75, 3.05) is 5.32 Å². The number of anilines is 1. The predicted molar refractivity (Wildman–Crippen MR) is 94.1 cm³/mol. The minimum Gasteiger partial charge on any atom is -0.399 e. The van der Waals surface area contributed by atoms with Crippen LogP contribution in [0.2, 0.25) is 0 Å². The molecule has 1 aliphatic heterocycles. The van der Waals surface area contributed by atoms with Gasteiger partial charge in [-0.2, -0.15) is 0 Å². The van der Waals surface area contributed by atoms with Crippen molar-refractivity contribution in [1.29, 1.82) is 0 Å². The molecule has 0 unspecified atom stereocenters. The average Bonchev–Trinajstić information content (AvgIpc) is 2.56. The van der Waals surface area contributed by atoms with Crippen LogP contribution in [0.1, 0.15) is 48.5 Å². The summed E-state index contributed by atoms with van der Waals surface area (Å²) < 4.78 is 12.0. The van der Waals surface area contributed by atoms with Crippen molar-refractivity contribution >= 4 is 24.3 Å². The Kier molecular flexibility index (Phi) is 4.52. The van der Waals surface area contributed by atoms with Crippen LogP contribution in [0.25, 0.3) is 0 Å². The Labute approximate surface area is 139 Å². The minimum atomic E-state index is -0.391. The summed E-state index contributed by atoms with van der Waals surface area (Å²) in [5, 5.41) is 5.68. The number of nitrogens with one attached hydrogen (secondary N) is 2. The first-order chi connectivity index (χ1) is 10.4. The van der Waals surface area contributed by atoms with Crippen LogP contribution in [-0.4, -0.2) is 29.9 Å². The second-order valence-corrected chi connectivity index (χ2v) is 8.04. The van der Waals surface area contributed by atoms with Crippen molar-refractivity contribution in [1.82, 2.24) is 5.32 Å². The molecule has 1 fully saturated rings. The number of hydrogen-bond donors (Lipinski definition) is 2. The van der Waals surface area contributed by atoms with Crippen LogP contribution in [-0.2, 0) is 9.31 Å². The van der Waals surface area contributed by atoms with Gasteiger partial charge >= 0.3 is 13.1 Å². The number of urea groups is 1. The summed E-state index contributed by atoms with van der Waals surface area (Å²) in [4.78, 5) is 11.9. The summed E-state index contributed by atoms with van der Waals surface area (Å²) in [5.41, 5.74) is 0.673. The van der Waals surface area contributed by atoms with Crippen molar-refractivity contribution in [2.24, 2.45) is 0 Å². The zero-order chi connectivity index (χ0) is 17.5. The monoisotopic (exact) mass is 318 g/mol. The molecule has 0 bridgehead atoms. The fourth-order valence-electron chi connectivity index (χ4n) is 2.21. The minimum absolute atomic E-state index is 0.221. The molecule has 1 aromatic carbocycles. The van der Waals surface area contributed by atoms with Gasteiger partial charge < -0.3 is 19.9 Å². The van der Waals surface area contributed by atoms with Crippen molar-refractivity contribution in [3.8, 4) is 0 Å². The van der Waals surface area contributed by atoms with Crippen molar-refractivity contribution in [3.05, 3.63) is 24.3 Å². The molecule has 2 rings (SSSR count). The predicted octanol–water partition coefficient (Wildman–Crippen LogP) is 2.91. The number of carbonyl (C=O) groups excluding carboxylic acids is 1. The van der Waals surface area contributed by atoms with E-state index in [1.807, 2.05) is 72.7 Å². The average molecular weight is 318 g/mol.